The number of hydrogen-bond acceptors (Lipinski definition) is 3. The first-order chi connectivity index (χ1) is 6.77. The minimum absolute atomic E-state index is 0.0717. The van der Waals surface area contributed by atoms with E-state index in [0.717, 1.165) is 19.3 Å². The number of hydrogen-bond donors (Lipinski definition) is 1. The van der Waals surface area contributed by atoms with Gasteiger partial charge in [0.15, 0.2) is 0 Å². The van der Waals surface area contributed by atoms with Gasteiger partial charge in [-0.15, -0.1) is 0 Å². The lowest BCUT2D eigenvalue weighted by atomic mass is 10.2. The molecule has 0 amide bonds. The van der Waals surface area contributed by atoms with Crippen molar-refractivity contribution in [1.29, 1.82) is 0 Å². The Balaban J connectivity index is 2.07. The van der Waals surface area contributed by atoms with Crippen LogP contribution >= 0.6 is 11.6 Å². The minimum Gasteiger partial charge on any atom is -0.472 e. The maximum absolute atomic E-state index is 5.92. The number of aromatic nitrogens is 1. The van der Waals surface area contributed by atoms with Crippen LogP contribution in [0.2, 0.25) is 5.02 Å². The van der Waals surface area contributed by atoms with Crippen molar-refractivity contribution in [2.45, 2.75) is 31.4 Å². The average molecular weight is 213 g/mol. The van der Waals surface area contributed by atoms with Gasteiger partial charge < -0.3 is 10.5 Å². The summed E-state index contributed by atoms with van der Waals surface area (Å²) in [5.41, 5.74) is 5.88. The number of ether oxygens (including phenoxy) is 1. The largest absolute Gasteiger partial charge is 0.472 e. The van der Waals surface area contributed by atoms with E-state index in [2.05, 4.69) is 4.98 Å². The Bertz CT molecular complexity index is 319. The predicted octanol–water partition coefficient (Wildman–Crippen LogP) is 1.99. The molecule has 1 aliphatic rings. The van der Waals surface area contributed by atoms with Crippen molar-refractivity contribution in [2.24, 2.45) is 5.73 Å². The van der Waals surface area contributed by atoms with Gasteiger partial charge in [-0.1, -0.05) is 11.6 Å². The molecule has 1 saturated carbocycles. The summed E-state index contributed by atoms with van der Waals surface area (Å²) in [6.45, 7) is 0. The number of nitrogens with two attached hydrogens (primary N) is 1. The zero-order valence-electron chi connectivity index (χ0n) is 7.82. The van der Waals surface area contributed by atoms with Gasteiger partial charge in [-0.3, -0.25) is 0 Å². The van der Waals surface area contributed by atoms with Crippen LogP contribution in [0.25, 0.3) is 0 Å². The molecule has 0 aliphatic heterocycles. The highest BCUT2D eigenvalue weighted by Crippen LogP contribution is 2.26. The molecule has 1 aliphatic carbocycles. The van der Waals surface area contributed by atoms with Crippen LogP contribution in [-0.2, 0) is 0 Å². The van der Waals surface area contributed by atoms with Gasteiger partial charge in [-0.05, 0) is 31.4 Å². The van der Waals surface area contributed by atoms with Crippen LogP contribution in [0.3, 0.4) is 0 Å². The standard InChI is InChI=1S/C10H13ClN2O/c11-7-3-2-6-13-10(7)14-9-5-1-4-8(9)12/h2-3,6,8-9H,1,4-5,12H2. The summed E-state index contributed by atoms with van der Waals surface area (Å²) in [6, 6.07) is 3.67. The molecule has 0 radical (unpaired) electrons. The molecule has 14 heavy (non-hydrogen) atoms. The lowest BCUT2D eigenvalue weighted by Crippen LogP contribution is -2.33. The van der Waals surface area contributed by atoms with Crippen LogP contribution in [0.15, 0.2) is 18.3 Å². The van der Waals surface area contributed by atoms with E-state index in [9.17, 15) is 0 Å². The Labute approximate surface area is 88.2 Å². The summed E-state index contributed by atoms with van der Waals surface area (Å²) < 4.78 is 5.65. The summed E-state index contributed by atoms with van der Waals surface area (Å²) in [5.74, 6) is 0.497. The molecule has 0 bridgehead atoms. The smallest absolute Gasteiger partial charge is 0.232 e. The van der Waals surface area contributed by atoms with Gasteiger partial charge in [0.1, 0.15) is 11.1 Å². The molecule has 2 N–H and O–H groups in total. The summed E-state index contributed by atoms with van der Waals surface area (Å²) in [5, 5.41) is 0.548. The summed E-state index contributed by atoms with van der Waals surface area (Å²) in [4.78, 5) is 4.07. The fourth-order valence-corrected chi connectivity index (χ4v) is 1.87. The first-order valence-electron chi connectivity index (χ1n) is 4.80. The van der Waals surface area contributed by atoms with E-state index in [1.54, 1.807) is 18.3 Å². The third kappa shape index (κ3) is 1.99. The Kier molecular flexibility index (Phi) is 2.89. The summed E-state index contributed by atoms with van der Waals surface area (Å²) >= 11 is 5.92. The van der Waals surface area contributed by atoms with Crippen LogP contribution in [0.5, 0.6) is 5.88 Å². The molecule has 0 spiro atoms. The van der Waals surface area contributed by atoms with Gasteiger partial charge in [0.05, 0.1) is 0 Å². The Morgan fingerprint density at radius 1 is 1.50 bits per heavy atom. The zero-order valence-corrected chi connectivity index (χ0v) is 8.57. The van der Waals surface area contributed by atoms with Crippen LogP contribution in [0.1, 0.15) is 19.3 Å². The first kappa shape index (κ1) is 9.74. The second kappa shape index (κ2) is 4.15. The van der Waals surface area contributed by atoms with Gasteiger partial charge in [-0.25, -0.2) is 4.98 Å². The second-order valence-corrected chi connectivity index (χ2v) is 3.95. The molecule has 1 fully saturated rings. The fourth-order valence-electron chi connectivity index (χ4n) is 1.70. The van der Waals surface area contributed by atoms with Gasteiger partial charge in [0, 0.05) is 12.2 Å². The van der Waals surface area contributed by atoms with Gasteiger partial charge >= 0.3 is 0 Å². The van der Waals surface area contributed by atoms with Crippen molar-refractivity contribution in [3.05, 3.63) is 23.4 Å². The number of nitrogens with zero attached hydrogens (tertiary/aromatic N) is 1. The van der Waals surface area contributed by atoms with E-state index in [4.69, 9.17) is 22.1 Å². The quantitative estimate of drug-likeness (QED) is 0.816. The average Bonchev–Trinajstić information content (AvgIpc) is 2.56. The Morgan fingerprint density at radius 3 is 3.00 bits per heavy atom. The monoisotopic (exact) mass is 212 g/mol. The highest BCUT2D eigenvalue weighted by atomic mass is 35.5. The first-order valence-corrected chi connectivity index (χ1v) is 5.18. The van der Waals surface area contributed by atoms with Gasteiger partial charge in [-0.2, -0.15) is 0 Å². The molecule has 2 atom stereocenters. The van der Waals surface area contributed by atoms with Gasteiger partial charge in [0.25, 0.3) is 0 Å². The maximum Gasteiger partial charge on any atom is 0.232 e. The Morgan fingerprint density at radius 2 is 2.36 bits per heavy atom. The van der Waals surface area contributed by atoms with Crippen molar-refractivity contribution in [3.8, 4) is 5.88 Å². The predicted molar refractivity (Wildman–Crippen MR) is 55.5 cm³/mol. The summed E-state index contributed by atoms with van der Waals surface area (Å²) in [6.07, 6.45) is 4.88. The van der Waals surface area contributed by atoms with E-state index >= 15 is 0 Å². The topological polar surface area (TPSA) is 48.1 Å². The van der Waals surface area contributed by atoms with Crippen LogP contribution in [0.4, 0.5) is 0 Å². The van der Waals surface area contributed by atoms with Crippen molar-refractivity contribution in [3.63, 3.8) is 0 Å². The molecule has 1 aromatic heterocycles. The third-order valence-corrected chi connectivity index (χ3v) is 2.78. The normalized spacial score (nSPS) is 26.4. The van der Waals surface area contributed by atoms with E-state index in [1.165, 1.54) is 0 Å². The number of halogens is 1. The van der Waals surface area contributed by atoms with Crippen LogP contribution in [0, 0.1) is 0 Å². The number of pyridine rings is 1. The molecular weight excluding hydrogens is 200 g/mol. The molecule has 1 heterocycles. The lowest BCUT2D eigenvalue weighted by Gasteiger charge is -2.17. The third-order valence-electron chi connectivity index (χ3n) is 2.49. The summed E-state index contributed by atoms with van der Waals surface area (Å²) in [7, 11) is 0. The van der Waals surface area contributed by atoms with Crippen molar-refractivity contribution in [2.75, 3.05) is 0 Å². The molecular formula is C10H13ClN2O. The highest BCUT2D eigenvalue weighted by molar-refractivity contribution is 6.31. The van der Waals surface area contributed by atoms with Gasteiger partial charge in [0.2, 0.25) is 5.88 Å². The molecule has 1 aromatic rings. The Hall–Kier alpha value is -0.800. The van der Waals surface area contributed by atoms with E-state index < -0.39 is 0 Å². The van der Waals surface area contributed by atoms with Crippen LogP contribution in [-0.4, -0.2) is 17.1 Å². The van der Waals surface area contributed by atoms with E-state index in [1.807, 2.05) is 0 Å². The molecule has 3 nitrogen and oxygen atoms in total. The molecule has 76 valence electrons. The molecule has 0 saturated heterocycles. The SMILES string of the molecule is NC1CCCC1Oc1ncccc1Cl. The second-order valence-electron chi connectivity index (χ2n) is 3.54. The van der Waals surface area contributed by atoms with E-state index in [0.29, 0.717) is 10.9 Å². The maximum atomic E-state index is 5.92. The highest BCUT2D eigenvalue weighted by Gasteiger charge is 2.26. The molecule has 0 aromatic carbocycles. The lowest BCUT2D eigenvalue weighted by molar-refractivity contribution is 0.184. The molecule has 2 rings (SSSR count). The van der Waals surface area contributed by atoms with Crippen molar-refractivity contribution in [1.82, 2.24) is 4.98 Å². The zero-order chi connectivity index (χ0) is 9.97. The fraction of sp³-hybridized carbons (Fsp3) is 0.500. The number of rotatable bonds is 2. The molecule has 2 unspecified atom stereocenters. The van der Waals surface area contributed by atoms with Crippen LogP contribution < -0.4 is 10.5 Å². The van der Waals surface area contributed by atoms with E-state index in [-0.39, 0.29) is 12.1 Å². The minimum atomic E-state index is 0.0717. The van der Waals surface area contributed by atoms with Crippen molar-refractivity contribution >= 4 is 11.6 Å². The molecule has 4 heteroatoms. The van der Waals surface area contributed by atoms with Crippen molar-refractivity contribution < 1.29 is 4.74 Å².